The van der Waals surface area contributed by atoms with Gasteiger partial charge >= 0.3 is 0 Å². The maximum absolute atomic E-state index is 12.2. The van der Waals surface area contributed by atoms with Crippen molar-refractivity contribution in [1.29, 1.82) is 0 Å². The summed E-state index contributed by atoms with van der Waals surface area (Å²) in [5, 5.41) is 7.21. The summed E-state index contributed by atoms with van der Waals surface area (Å²) in [6.45, 7) is 2.90. The molecule has 1 atom stereocenters. The van der Waals surface area contributed by atoms with Crippen LogP contribution in [0, 0.1) is 0 Å². The van der Waals surface area contributed by atoms with Crippen LogP contribution in [0.1, 0.15) is 10.4 Å². The number of fused-ring (bicyclic) bond motifs is 1. The van der Waals surface area contributed by atoms with Crippen LogP contribution in [0.5, 0.6) is 0 Å². The molecule has 1 fully saturated rings. The number of para-hydroxylation sites is 1. The third-order valence-corrected chi connectivity index (χ3v) is 3.33. The Balaban J connectivity index is 1.68. The van der Waals surface area contributed by atoms with Crippen molar-refractivity contribution >= 4 is 16.8 Å². The highest BCUT2D eigenvalue weighted by molar-refractivity contribution is 6.05. The smallest absolute Gasteiger partial charge is 0.253 e. The van der Waals surface area contributed by atoms with Crippen molar-refractivity contribution in [2.45, 2.75) is 6.10 Å². The molecule has 100 valence electrons. The molecule has 1 amide bonds. The van der Waals surface area contributed by atoms with E-state index in [9.17, 15) is 4.79 Å². The lowest BCUT2D eigenvalue weighted by atomic mass is 10.1. The number of carbonyl (C=O) groups excluding carboxylic acids is 1. The molecule has 0 spiro atoms. The number of hydrogen-bond acceptors (Lipinski definition) is 3. The molecule has 1 aromatic heterocycles. The summed E-state index contributed by atoms with van der Waals surface area (Å²) < 4.78 is 5.55. The first-order valence-electron chi connectivity index (χ1n) is 6.51. The Kier molecular flexibility index (Phi) is 3.48. The second-order valence-corrected chi connectivity index (χ2v) is 4.65. The highest BCUT2D eigenvalue weighted by Gasteiger charge is 2.16. The maximum atomic E-state index is 12.2. The van der Waals surface area contributed by atoms with Gasteiger partial charge in [0, 0.05) is 31.2 Å². The molecule has 1 unspecified atom stereocenters. The third-order valence-electron chi connectivity index (χ3n) is 3.33. The van der Waals surface area contributed by atoms with E-state index in [2.05, 4.69) is 15.6 Å². The lowest BCUT2D eigenvalue weighted by Gasteiger charge is -2.23. The molecule has 0 radical (unpaired) electrons. The molecule has 1 aromatic carbocycles. The van der Waals surface area contributed by atoms with Crippen LogP contribution in [-0.4, -0.2) is 43.2 Å². The number of rotatable bonds is 3. The van der Waals surface area contributed by atoms with Crippen LogP contribution in [0.4, 0.5) is 0 Å². The van der Waals surface area contributed by atoms with E-state index in [1.165, 1.54) is 0 Å². The number of hydrogen-bond donors (Lipinski definition) is 3. The molecule has 3 rings (SSSR count). The Bertz CT molecular complexity index is 573. The number of amides is 1. The molecule has 0 aliphatic carbocycles. The first kappa shape index (κ1) is 12.2. The number of aromatic nitrogens is 1. The number of benzene rings is 1. The molecule has 3 N–H and O–H groups in total. The molecule has 1 saturated heterocycles. The van der Waals surface area contributed by atoms with Crippen molar-refractivity contribution in [2.24, 2.45) is 0 Å². The van der Waals surface area contributed by atoms with Crippen LogP contribution in [-0.2, 0) is 4.74 Å². The summed E-state index contributed by atoms with van der Waals surface area (Å²) in [6, 6.07) is 7.66. The summed E-state index contributed by atoms with van der Waals surface area (Å²) in [6.07, 6.45) is 1.90. The fourth-order valence-electron chi connectivity index (χ4n) is 2.33. The Labute approximate surface area is 111 Å². The first-order chi connectivity index (χ1) is 9.34. The minimum atomic E-state index is -0.0674. The summed E-state index contributed by atoms with van der Waals surface area (Å²) in [4.78, 5) is 15.3. The molecule has 2 heterocycles. The van der Waals surface area contributed by atoms with Gasteiger partial charge < -0.3 is 20.4 Å². The van der Waals surface area contributed by atoms with Crippen LogP contribution in [0.3, 0.4) is 0 Å². The predicted molar refractivity (Wildman–Crippen MR) is 73.2 cm³/mol. The van der Waals surface area contributed by atoms with Crippen molar-refractivity contribution in [3.63, 3.8) is 0 Å². The van der Waals surface area contributed by atoms with Crippen molar-refractivity contribution in [1.82, 2.24) is 15.6 Å². The summed E-state index contributed by atoms with van der Waals surface area (Å²) >= 11 is 0. The summed E-state index contributed by atoms with van der Waals surface area (Å²) in [5.41, 5.74) is 1.55. The molecular formula is C14H17N3O2. The third kappa shape index (κ3) is 2.62. The van der Waals surface area contributed by atoms with Gasteiger partial charge in [0.2, 0.25) is 0 Å². The van der Waals surface area contributed by atoms with E-state index >= 15 is 0 Å². The van der Waals surface area contributed by atoms with Crippen LogP contribution in [0.25, 0.3) is 10.9 Å². The lowest BCUT2D eigenvalue weighted by Crippen LogP contribution is -2.45. The van der Waals surface area contributed by atoms with E-state index in [1.54, 1.807) is 0 Å². The van der Waals surface area contributed by atoms with Gasteiger partial charge in [-0.3, -0.25) is 4.79 Å². The van der Waals surface area contributed by atoms with Crippen molar-refractivity contribution < 1.29 is 9.53 Å². The highest BCUT2D eigenvalue weighted by Crippen LogP contribution is 2.16. The quantitative estimate of drug-likeness (QED) is 0.767. The van der Waals surface area contributed by atoms with E-state index in [0.717, 1.165) is 24.0 Å². The SMILES string of the molecule is O=C(NCC1CNCCO1)c1cccc2cc[nH]c12. The molecule has 5 nitrogen and oxygen atoms in total. The molecular weight excluding hydrogens is 242 g/mol. The number of morpholine rings is 1. The Morgan fingerprint density at radius 3 is 3.21 bits per heavy atom. The maximum Gasteiger partial charge on any atom is 0.253 e. The molecule has 0 saturated carbocycles. The Hall–Kier alpha value is -1.85. The van der Waals surface area contributed by atoms with Crippen LogP contribution >= 0.6 is 0 Å². The lowest BCUT2D eigenvalue weighted by molar-refractivity contribution is 0.0287. The van der Waals surface area contributed by atoms with Crippen LogP contribution in [0.15, 0.2) is 30.5 Å². The first-order valence-corrected chi connectivity index (χ1v) is 6.51. The number of H-pyrrole nitrogens is 1. The molecule has 5 heteroatoms. The highest BCUT2D eigenvalue weighted by atomic mass is 16.5. The van der Waals surface area contributed by atoms with Gasteiger partial charge in [0.15, 0.2) is 0 Å². The van der Waals surface area contributed by atoms with E-state index in [0.29, 0.717) is 18.7 Å². The Morgan fingerprint density at radius 1 is 1.42 bits per heavy atom. The second-order valence-electron chi connectivity index (χ2n) is 4.65. The van der Waals surface area contributed by atoms with Crippen molar-refractivity contribution in [3.05, 3.63) is 36.0 Å². The zero-order chi connectivity index (χ0) is 13.1. The Morgan fingerprint density at radius 2 is 2.37 bits per heavy atom. The average molecular weight is 259 g/mol. The van der Waals surface area contributed by atoms with Crippen molar-refractivity contribution in [2.75, 3.05) is 26.2 Å². The van der Waals surface area contributed by atoms with Gasteiger partial charge in [-0.2, -0.15) is 0 Å². The summed E-state index contributed by atoms with van der Waals surface area (Å²) in [5.74, 6) is -0.0674. The summed E-state index contributed by atoms with van der Waals surface area (Å²) in [7, 11) is 0. The predicted octanol–water partition coefficient (Wildman–Crippen LogP) is 0.886. The van der Waals surface area contributed by atoms with Crippen molar-refractivity contribution in [3.8, 4) is 0 Å². The van der Waals surface area contributed by atoms with Gasteiger partial charge in [-0.1, -0.05) is 12.1 Å². The van der Waals surface area contributed by atoms with Crippen LogP contribution in [0.2, 0.25) is 0 Å². The van der Waals surface area contributed by atoms with Gasteiger partial charge in [0.25, 0.3) is 5.91 Å². The van der Waals surface area contributed by atoms with E-state index in [-0.39, 0.29) is 12.0 Å². The zero-order valence-electron chi connectivity index (χ0n) is 10.6. The van der Waals surface area contributed by atoms with E-state index < -0.39 is 0 Å². The number of ether oxygens (including phenoxy) is 1. The normalized spacial score (nSPS) is 19.5. The fraction of sp³-hybridized carbons (Fsp3) is 0.357. The number of aromatic amines is 1. The second kappa shape index (κ2) is 5.42. The van der Waals surface area contributed by atoms with Gasteiger partial charge in [-0.15, -0.1) is 0 Å². The minimum Gasteiger partial charge on any atom is -0.374 e. The minimum absolute atomic E-state index is 0.0561. The van der Waals surface area contributed by atoms with Gasteiger partial charge in [-0.25, -0.2) is 0 Å². The monoisotopic (exact) mass is 259 g/mol. The molecule has 19 heavy (non-hydrogen) atoms. The van der Waals surface area contributed by atoms with Gasteiger partial charge in [0.05, 0.1) is 23.8 Å². The average Bonchev–Trinajstić information content (AvgIpc) is 2.94. The molecule has 1 aliphatic heterocycles. The zero-order valence-corrected chi connectivity index (χ0v) is 10.6. The molecule has 2 aromatic rings. The van der Waals surface area contributed by atoms with Gasteiger partial charge in [-0.05, 0) is 12.1 Å². The topological polar surface area (TPSA) is 66.2 Å². The standard InChI is InChI=1S/C14H17N3O2/c18-14(17-9-11-8-15-6-7-19-11)12-3-1-2-10-4-5-16-13(10)12/h1-5,11,15-16H,6-9H2,(H,17,18). The number of nitrogens with one attached hydrogen (secondary N) is 3. The fourth-order valence-corrected chi connectivity index (χ4v) is 2.33. The largest absolute Gasteiger partial charge is 0.374 e. The van der Waals surface area contributed by atoms with E-state index in [1.807, 2.05) is 30.5 Å². The van der Waals surface area contributed by atoms with Crippen LogP contribution < -0.4 is 10.6 Å². The number of carbonyl (C=O) groups is 1. The van der Waals surface area contributed by atoms with Gasteiger partial charge in [0.1, 0.15) is 0 Å². The molecule has 0 bridgehead atoms. The molecule has 1 aliphatic rings. The van der Waals surface area contributed by atoms with E-state index in [4.69, 9.17) is 4.74 Å².